The molecule has 12 N–H and O–H groups in total. The predicted octanol–water partition coefficient (Wildman–Crippen LogP) is -2.58. The fourth-order valence-electron chi connectivity index (χ4n) is 7.86. The molecule has 26 nitrogen and oxygen atoms in total. The molecular weight excluding hydrogens is 1050 g/mol. The molecular formula is C34H78O26Si8. The summed E-state index contributed by atoms with van der Waals surface area (Å²) >= 11 is 0. The first-order chi connectivity index (χ1) is 31.0. The number of rotatable bonds is 33. The third-order valence-corrected chi connectivity index (χ3v) is 28.5. The highest BCUT2D eigenvalue weighted by molar-refractivity contribution is 6.84. The van der Waals surface area contributed by atoms with E-state index >= 15 is 0 Å². The summed E-state index contributed by atoms with van der Waals surface area (Å²) in [6, 6.07) is -0.716. The van der Waals surface area contributed by atoms with E-state index in [-0.39, 0.29) is 70.5 Å². The Labute approximate surface area is 407 Å². The molecule has 0 saturated carbocycles. The Kier molecular flexibility index (Phi) is 25.6. The van der Waals surface area contributed by atoms with Gasteiger partial charge in [-0.2, -0.15) is 0 Å². The van der Waals surface area contributed by atoms with Crippen molar-refractivity contribution in [1.29, 1.82) is 0 Å². The summed E-state index contributed by atoms with van der Waals surface area (Å²) in [5.74, 6) is -0.847. The zero-order valence-corrected chi connectivity index (χ0v) is 48.5. The SMILES string of the molecule is C=CCOC[C@H]1O[C@@H](O[C@H]2[C@H](C)[C@@H](OCCC[Si](O[Si](C)(O)O)(O[Si](C)(O)O)O[Si](C)(O)O)[C@H](C)O[C@@H]2COCCC[Si](O[Si](C)(O)O)(O[Si](C)(O)O)O[Si](C)(O)O)[C@H](OCC=C)[C@@H](C)[C@@H]1OC. The van der Waals surface area contributed by atoms with Crippen LogP contribution in [0.4, 0.5) is 0 Å². The van der Waals surface area contributed by atoms with Crippen molar-refractivity contribution in [1.82, 2.24) is 0 Å². The molecule has 0 aromatic heterocycles. The number of methoxy groups -OCH3 is 1. The maximum atomic E-state index is 10.3. The highest BCUT2D eigenvalue weighted by Gasteiger charge is 2.58. The summed E-state index contributed by atoms with van der Waals surface area (Å²) in [6.45, 7) is 18.8. The minimum absolute atomic E-state index is 0.0369. The van der Waals surface area contributed by atoms with Crippen LogP contribution < -0.4 is 0 Å². The molecule has 10 atom stereocenters. The van der Waals surface area contributed by atoms with E-state index in [2.05, 4.69) is 13.2 Å². The Morgan fingerprint density at radius 1 is 0.485 bits per heavy atom. The van der Waals surface area contributed by atoms with Crippen LogP contribution >= 0.6 is 0 Å². The molecule has 2 saturated heterocycles. The van der Waals surface area contributed by atoms with Gasteiger partial charge in [0.25, 0.3) is 0 Å². The third-order valence-electron chi connectivity index (χ3n) is 9.81. The van der Waals surface area contributed by atoms with Gasteiger partial charge in [0.15, 0.2) is 6.29 Å². The van der Waals surface area contributed by atoms with Gasteiger partial charge in [0.1, 0.15) is 18.3 Å². The molecule has 0 aromatic rings. The van der Waals surface area contributed by atoms with Crippen LogP contribution in [0.25, 0.3) is 0 Å². The lowest BCUT2D eigenvalue weighted by Gasteiger charge is -2.49. The van der Waals surface area contributed by atoms with E-state index in [4.69, 9.17) is 62.6 Å². The quantitative estimate of drug-likeness (QED) is 0.0182. The largest absolute Gasteiger partial charge is 0.484 e. The van der Waals surface area contributed by atoms with E-state index in [0.29, 0.717) is 0 Å². The molecule has 0 aliphatic carbocycles. The fourth-order valence-corrected chi connectivity index (χ4v) is 28.9. The first-order valence-corrected chi connectivity index (χ1v) is 39.6. The maximum absolute atomic E-state index is 10.3. The molecule has 34 heteroatoms. The minimum Gasteiger partial charge on any atom is -0.390 e. The molecule has 402 valence electrons. The van der Waals surface area contributed by atoms with E-state index in [0.717, 1.165) is 39.3 Å². The van der Waals surface area contributed by atoms with Crippen molar-refractivity contribution < 1.29 is 120 Å². The molecule has 0 spiro atoms. The molecule has 2 fully saturated rings. The molecule has 0 bridgehead atoms. The van der Waals surface area contributed by atoms with E-state index in [1.807, 2.05) is 13.8 Å². The Bertz CT molecular complexity index is 1400. The zero-order valence-electron chi connectivity index (χ0n) is 40.5. The Hall–Kier alpha value is 0.175. The van der Waals surface area contributed by atoms with E-state index in [9.17, 15) is 57.5 Å². The molecule has 2 aliphatic rings. The zero-order chi connectivity index (χ0) is 52.2. The molecule has 2 aliphatic heterocycles. The van der Waals surface area contributed by atoms with Gasteiger partial charge in [0.05, 0.1) is 50.8 Å². The molecule has 2 heterocycles. The first-order valence-electron chi connectivity index (χ1n) is 21.9. The molecule has 0 aromatic carbocycles. The average molecular weight is 1130 g/mol. The second-order valence-electron chi connectivity index (χ2n) is 17.6. The molecule has 2 rings (SSSR count). The normalized spacial score (nSPS) is 27.4. The van der Waals surface area contributed by atoms with Crippen LogP contribution in [-0.4, -0.2) is 224 Å². The topological polar surface area (TPSA) is 372 Å². The van der Waals surface area contributed by atoms with Crippen LogP contribution in [0, 0.1) is 11.8 Å². The van der Waals surface area contributed by atoms with Gasteiger partial charge in [0, 0.05) is 83.5 Å². The minimum atomic E-state index is -4.62. The van der Waals surface area contributed by atoms with Gasteiger partial charge in [-0.25, -0.2) is 0 Å². The van der Waals surface area contributed by atoms with Gasteiger partial charge in [0.2, 0.25) is 0 Å². The van der Waals surface area contributed by atoms with Gasteiger partial charge in [-0.15, -0.1) is 13.2 Å². The summed E-state index contributed by atoms with van der Waals surface area (Å²) in [4.78, 5) is 123. The van der Waals surface area contributed by atoms with Crippen molar-refractivity contribution in [2.45, 2.75) is 134 Å². The van der Waals surface area contributed by atoms with Crippen LogP contribution in [0.15, 0.2) is 25.3 Å². The predicted molar refractivity (Wildman–Crippen MR) is 252 cm³/mol. The van der Waals surface area contributed by atoms with Crippen LogP contribution in [0.5, 0.6) is 0 Å². The lowest BCUT2D eigenvalue weighted by atomic mass is 9.87. The summed E-state index contributed by atoms with van der Waals surface area (Å²) in [7, 11) is -34.9. The van der Waals surface area contributed by atoms with E-state index < -0.39 is 125 Å². The van der Waals surface area contributed by atoms with Crippen molar-refractivity contribution in [3.63, 3.8) is 0 Å². The van der Waals surface area contributed by atoms with Crippen LogP contribution in [0.3, 0.4) is 0 Å². The molecule has 0 amide bonds. The summed E-state index contributed by atoms with van der Waals surface area (Å²) < 4.78 is 82.4. The van der Waals surface area contributed by atoms with Crippen molar-refractivity contribution >= 4 is 70.4 Å². The second kappa shape index (κ2) is 27.1. The highest BCUT2D eigenvalue weighted by Crippen LogP contribution is 2.37. The van der Waals surface area contributed by atoms with Gasteiger partial charge in [-0.05, 0) is 19.8 Å². The van der Waals surface area contributed by atoms with Crippen LogP contribution in [0.1, 0.15) is 33.6 Å². The molecule has 0 unspecified atom stereocenters. The highest BCUT2D eigenvalue weighted by atomic mass is 28.5. The van der Waals surface area contributed by atoms with E-state index in [1.165, 1.54) is 0 Å². The van der Waals surface area contributed by atoms with Crippen molar-refractivity contribution in [3.05, 3.63) is 25.3 Å². The monoisotopic (exact) mass is 1130 g/mol. The van der Waals surface area contributed by atoms with Crippen LogP contribution in [-0.2, 0) is 62.6 Å². The van der Waals surface area contributed by atoms with Gasteiger partial charge in [-0.3, -0.25) is 0 Å². The van der Waals surface area contributed by atoms with Crippen molar-refractivity contribution in [2.75, 3.05) is 46.8 Å². The molecule has 68 heavy (non-hydrogen) atoms. The Morgan fingerprint density at radius 2 is 0.882 bits per heavy atom. The summed E-state index contributed by atoms with van der Waals surface area (Å²) in [5.41, 5.74) is 0. The number of hydrogen-bond acceptors (Lipinski definition) is 26. The third kappa shape index (κ3) is 24.0. The standard InChI is InChI=1S/C34H78O26Si8/c1-13-17-48-23-28-31(47-6)26(4)33(50-18-14-2)34(53-28)54-32-25(3)30(51-20-16-22-68(58-64(10,41)42,59-65(11,43)44)60-66(12,45)46)27(5)52-29(32)24-49-19-15-21-67(55-61(7,35)36,56-62(8,37)38)57-63(9,39)40/h13-14,25-46H,1-2,15-24H2,3-12H3/t25-,26+,27+,28-,29-,30-,31+,32+,33-,34+/m1/s1. The summed E-state index contributed by atoms with van der Waals surface area (Å²) in [6.07, 6.45) is -2.91. The number of ether oxygens (including phenoxy) is 8. The lowest BCUT2D eigenvalue weighted by Crippen LogP contribution is -2.64. The van der Waals surface area contributed by atoms with Crippen molar-refractivity contribution in [3.8, 4) is 0 Å². The Morgan fingerprint density at radius 3 is 1.29 bits per heavy atom. The maximum Gasteiger partial charge on any atom is 0.484 e. The van der Waals surface area contributed by atoms with Crippen LogP contribution in [0.2, 0.25) is 51.4 Å². The lowest BCUT2D eigenvalue weighted by molar-refractivity contribution is -0.337. The van der Waals surface area contributed by atoms with Gasteiger partial charge in [-0.1, -0.05) is 26.0 Å². The molecule has 0 radical (unpaired) electrons. The van der Waals surface area contributed by atoms with Gasteiger partial charge >= 0.3 is 70.4 Å². The Balaban J connectivity index is 2.49. The second-order valence-corrected chi connectivity index (χ2v) is 37.4. The smallest absolute Gasteiger partial charge is 0.390 e. The fraction of sp³-hybridized carbons (Fsp3) is 0.882. The van der Waals surface area contributed by atoms with Crippen molar-refractivity contribution in [2.24, 2.45) is 11.8 Å². The number of hydrogen-bond donors (Lipinski definition) is 12. The average Bonchev–Trinajstić information content (AvgIpc) is 3.11. The van der Waals surface area contributed by atoms with Gasteiger partial charge < -0.3 is 120 Å². The summed E-state index contributed by atoms with van der Waals surface area (Å²) in [5, 5.41) is 0. The van der Waals surface area contributed by atoms with E-state index in [1.54, 1.807) is 26.2 Å². The first kappa shape index (κ1) is 64.3.